The number of aliphatic imine (C=N–C) groups is 1. The Morgan fingerprint density at radius 1 is 0.692 bits per heavy atom. The number of methoxy groups -OCH3 is 2. The molecule has 0 spiro atoms. The van der Waals surface area contributed by atoms with Crippen molar-refractivity contribution in [2.45, 2.75) is 104 Å². The maximum Gasteiger partial charge on any atom is 0.256 e. The van der Waals surface area contributed by atoms with Gasteiger partial charge in [-0.2, -0.15) is 0 Å². The van der Waals surface area contributed by atoms with Crippen molar-refractivity contribution in [2.75, 3.05) is 102 Å². The van der Waals surface area contributed by atoms with Gasteiger partial charge >= 0.3 is 0 Å². The number of amides is 2. The Bertz CT molecular complexity index is 2910. The molecule has 2 amide bonds. The molecule has 4 aliphatic heterocycles. The van der Waals surface area contributed by atoms with Gasteiger partial charge in [0.15, 0.2) is 11.5 Å². The molecular weight excluding hydrogens is 985 g/mol. The van der Waals surface area contributed by atoms with Crippen LogP contribution in [0.5, 0.6) is 17.2 Å². The normalized spacial score (nSPS) is 16.5. The smallest absolute Gasteiger partial charge is 0.256 e. The number of unbranched alkanes of at least 4 members (excludes halogenated alkanes) is 2. The summed E-state index contributed by atoms with van der Waals surface area (Å²) in [7, 11) is 5.31. The van der Waals surface area contributed by atoms with E-state index in [4.69, 9.17) is 28.4 Å². The molecule has 414 valence electrons. The summed E-state index contributed by atoms with van der Waals surface area (Å²) in [6.45, 7) is 11.2. The van der Waals surface area contributed by atoms with Crippen LogP contribution in [0.4, 0.5) is 17.1 Å². The lowest BCUT2D eigenvalue weighted by Crippen LogP contribution is -2.47. The lowest BCUT2D eigenvalue weighted by molar-refractivity contribution is -0.119. The number of rotatable bonds is 27. The Morgan fingerprint density at radius 2 is 1.33 bits per heavy atom. The maximum absolute atomic E-state index is 14.3. The second-order valence-electron chi connectivity index (χ2n) is 21.0. The lowest BCUT2D eigenvalue weighted by Gasteiger charge is -2.36. The number of ketones is 1. The molecule has 0 radical (unpaired) electrons. The topological polar surface area (TPSA) is 144 Å². The fourth-order valence-corrected chi connectivity index (χ4v) is 11.3. The van der Waals surface area contributed by atoms with Crippen LogP contribution >= 0.6 is 0 Å². The summed E-state index contributed by atoms with van der Waals surface area (Å²) in [5.41, 5.74) is 11.4. The lowest BCUT2D eigenvalue weighted by atomic mass is 9.93. The summed E-state index contributed by atoms with van der Waals surface area (Å²) in [5, 5.41) is 3.58. The fourth-order valence-electron chi connectivity index (χ4n) is 11.3. The van der Waals surface area contributed by atoms with Crippen molar-refractivity contribution in [1.29, 1.82) is 0 Å². The van der Waals surface area contributed by atoms with Gasteiger partial charge in [0, 0.05) is 90.6 Å². The number of likely N-dealkylation sites (N-methyl/N-ethyl adjacent to an activating group) is 1. The largest absolute Gasteiger partial charge is 0.493 e. The Labute approximate surface area is 460 Å². The van der Waals surface area contributed by atoms with Gasteiger partial charge in [-0.1, -0.05) is 55.0 Å². The van der Waals surface area contributed by atoms with E-state index >= 15 is 0 Å². The van der Waals surface area contributed by atoms with E-state index in [2.05, 4.69) is 81.8 Å². The summed E-state index contributed by atoms with van der Waals surface area (Å²) in [6.07, 6.45) is 7.99. The SMILES string of the molecule is CC=NCCCCCC(=O)CCCN(CCOCCOCCOC)c1cc(COc2cc3c(cc2C)C(=O)N2Cc4ccccc4CC2CN3C)cc(COc2cc3c(cc2OC)C(=O)N2Cc4ccccc4C[C@H]2CN3)c1. The molecule has 78 heavy (non-hydrogen) atoms. The second-order valence-corrected chi connectivity index (χ2v) is 21.0. The van der Waals surface area contributed by atoms with Gasteiger partial charge in [-0.25, -0.2) is 0 Å². The molecule has 0 saturated carbocycles. The van der Waals surface area contributed by atoms with Crippen LogP contribution in [0, 0.1) is 6.92 Å². The van der Waals surface area contributed by atoms with Gasteiger partial charge < -0.3 is 53.3 Å². The Morgan fingerprint density at radius 3 is 2.04 bits per heavy atom. The highest BCUT2D eigenvalue weighted by Gasteiger charge is 2.37. The van der Waals surface area contributed by atoms with Crippen molar-refractivity contribution in [3.63, 3.8) is 0 Å². The molecular formula is C63H78N6O9. The minimum absolute atomic E-state index is 0.00830. The van der Waals surface area contributed by atoms with Crippen molar-refractivity contribution >= 4 is 40.9 Å². The highest BCUT2D eigenvalue weighted by Crippen LogP contribution is 2.40. The number of anilines is 3. The van der Waals surface area contributed by atoms with E-state index in [9.17, 15) is 14.4 Å². The quantitative estimate of drug-likeness (QED) is 0.0395. The minimum atomic E-state index is -0.0385. The molecule has 0 saturated heterocycles. The van der Waals surface area contributed by atoms with Crippen molar-refractivity contribution < 1.29 is 42.8 Å². The summed E-state index contributed by atoms with van der Waals surface area (Å²) in [5.74, 6) is 1.95. The third kappa shape index (κ3) is 13.8. The van der Waals surface area contributed by atoms with Crippen molar-refractivity contribution in [1.82, 2.24) is 9.80 Å². The predicted octanol–water partition coefficient (Wildman–Crippen LogP) is 9.66. The Kier molecular flexibility index (Phi) is 19.4. The van der Waals surface area contributed by atoms with Gasteiger partial charge in [0.2, 0.25) is 0 Å². The van der Waals surface area contributed by atoms with E-state index in [1.165, 1.54) is 22.3 Å². The number of benzene rings is 5. The molecule has 15 heteroatoms. The molecule has 1 unspecified atom stereocenters. The van der Waals surface area contributed by atoms with E-state index in [1.54, 1.807) is 20.3 Å². The number of nitrogens with zero attached hydrogens (tertiary/aromatic N) is 5. The highest BCUT2D eigenvalue weighted by atomic mass is 16.5. The fraction of sp³-hybridized carbons (Fsp3) is 0.460. The minimum Gasteiger partial charge on any atom is -0.493 e. The first-order valence-electron chi connectivity index (χ1n) is 27.9. The van der Waals surface area contributed by atoms with E-state index < -0.39 is 0 Å². The molecule has 5 aromatic carbocycles. The number of hydrogen-bond acceptors (Lipinski definition) is 13. The molecule has 4 aliphatic rings. The van der Waals surface area contributed by atoms with Crippen LogP contribution in [-0.2, 0) is 58.2 Å². The van der Waals surface area contributed by atoms with E-state index in [0.29, 0.717) is 126 Å². The number of nitrogens with one attached hydrogen (secondary N) is 1. The van der Waals surface area contributed by atoms with Crippen LogP contribution in [0.25, 0.3) is 0 Å². The molecule has 0 fully saturated rings. The Hall–Kier alpha value is -6.94. The second kappa shape index (κ2) is 27.1. The summed E-state index contributed by atoms with van der Waals surface area (Å²) < 4.78 is 36.3. The maximum atomic E-state index is 14.3. The van der Waals surface area contributed by atoms with Crippen LogP contribution in [0.1, 0.15) is 105 Å². The van der Waals surface area contributed by atoms with Crippen LogP contribution < -0.4 is 29.3 Å². The zero-order valence-corrected chi connectivity index (χ0v) is 46.4. The first-order chi connectivity index (χ1) is 38.1. The summed E-state index contributed by atoms with van der Waals surface area (Å²) in [6, 6.07) is 30.9. The number of hydrogen-bond donors (Lipinski definition) is 1. The standard InChI is InChI=1S/C63H78N6O9/c1-6-64-21-13-7-8-19-54(70)20-14-22-67(23-24-75-27-28-76-26-25-73-4)51-31-45(42-77-59-37-58-56(29-44(59)2)63(72)69-40-50-18-12-10-16-48(50)34-53(69)41-66(58)3)30-46(32-51)43-78-61-36-57-55(35-60(61)74-5)62(71)68-39-49-17-11-9-15-47(49)33-52(68)38-65-57/h6,9-12,15-18,29-32,35-37,52-53,65H,7-8,13-14,19-28,33-34,38-43H2,1-5H3/t52-,53?/m0/s1. The zero-order chi connectivity index (χ0) is 54.4. The molecule has 9 rings (SSSR count). The van der Waals surface area contributed by atoms with E-state index in [1.807, 2.05) is 60.2 Å². The Balaban J connectivity index is 0.965. The number of ether oxygens (including phenoxy) is 6. The van der Waals surface area contributed by atoms with Gasteiger partial charge in [-0.05, 0) is 121 Å². The first kappa shape index (κ1) is 55.8. The van der Waals surface area contributed by atoms with Crippen LogP contribution in [0.15, 0.2) is 96.0 Å². The number of carbonyl (C=O) groups excluding carboxylic acids is 3. The van der Waals surface area contributed by atoms with Crippen LogP contribution in [-0.4, -0.2) is 133 Å². The number of fused-ring (bicyclic) bond motifs is 6. The number of carbonyl (C=O) groups is 3. The van der Waals surface area contributed by atoms with Crippen molar-refractivity contribution in [3.05, 3.63) is 141 Å². The van der Waals surface area contributed by atoms with Gasteiger partial charge in [0.25, 0.3) is 11.8 Å². The first-order valence-corrected chi connectivity index (χ1v) is 27.9. The van der Waals surface area contributed by atoms with Gasteiger partial charge in [0.1, 0.15) is 24.7 Å². The third-order valence-corrected chi connectivity index (χ3v) is 15.5. The molecule has 5 aromatic rings. The average molecular weight is 1060 g/mol. The predicted molar refractivity (Wildman–Crippen MR) is 306 cm³/mol. The molecule has 2 atom stereocenters. The van der Waals surface area contributed by atoms with E-state index in [-0.39, 0.29) is 42.9 Å². The van der Waals surface area contributed by atoms with E-state index in [0.717, 1.165) is 66.7 Å². The molecule has 1 N–H and O–H groups in total. The summed E-state index contributed by atoms with van der Waals surface area (Å²) >= 11 is 0. The third-order valence-electron chi connectivity index (χ3n) is 15.5. The molecule has 0 aliphatic carbocycles. The van der Waals surface area contributed by atoms with Crippen LogP contribution in [0.2, 0.25) is 0 Å². The molecule has 4 heterocycles. The zero-order valence-electron chi connectivity index (χ0n) is 46.4. The molecule has 0 aromatic heterocycles. The summed E-state index contributed by atoms with van der Waals surface area (Å²) in [4.78, 5) is 54.6. The molecule has 15 nitrogen and oxygen atoms in total. The van der Waals surface area contributed by atoms with Gasteiger partial charge in [-0.3, -0.25) is 19.4 Å². The van der Waals surface area contributed by atoms with Crippen LogP contribution in [0.3, 0.4) is 0 Å². The monoisotopic (exact) mass is 1060 g/mol. The van der Waals surface area contributed by atoms with Crippen molar-refractivity contribution in [2.24, 2.45) is 4.99 Å². The number of Topliss-reactive ketones (excluding diaryl/α,β-unsaturated/α-hetero) is 1. The molecule has 0 bridgehead atoms. The van der Waals surface area contributed by atoms with Crippen molar-refractivity contribution in [3.8, 4) is 17.2 Å². The van der Waals surface area contributed by atoms with Gasteiger partial charge in [-0.15, -0.1) is 0 Å². The van der Waals surface area contributed by atoms with Gasteiger partial charge in [0.05, 0.1) is 74.7 Å². The average Bonchev–Trinajstić information content (AvgIpc) is 3.72. The highest BCUT2D eigenvalue weighted by molar-refractivity contribution is 6.02. The number of aryl methyl sites for hydroxylation is 1.